The molecule has 26 heavy (non-hydrogen) atoms. The fraction of sp³-hybridized carbons (Fsp3) is 0.105. The molecular weight excluding hydrogens is 348 g/mol. The van der Waals surface area contributed by atoms with Gasteiger partial charge in [0, 0.05) is 10.9 Å². The number of nitrogens with zero attached hydrogens (tertiary/aromatic N) is 3. The van der Waals surface area contributed by atoms with Crippen LogP contribution in [0, 0.1) is 11.3 Å². The van der Waals surface area contributed by atoms with E-state index >= 15 is 0 Å². The van der Waals surface area contributed by atoms with Crippen LogP contribution in [0.5, 0.6) is 11.5 Å². The van der Waals surface area contributed by atoms with E-state index in [4.69, 9.17) is 14.7 Å². The number of hydrazone groups is 1. The molecule has 1 aromatic heterocycles. The lowest BCUT2D eigenvalue weighted by atomic mass is 10.2. The smallest absolute Gasteiger partial charge is 0.203 e. The number of rotatable bonds is 7. The predicted octanol–water partition coefficient (Wildman–Crippen LogP) is 4.17. The Balaban J connectivity index is 1.67. The molecule has 2 aromatic carbocycles. The highest BCUT2D eigenvalue weighted by Gasteiger charge is 2.05. The van der Waals surface area contributed by atoms with Crippen LogP contribution >= 0.6 is 11.3 Å². The molecule has 1 N–H and O–H groups in total. The molecule has 7 heteroatoms. The lowest BCUT2D eigenvalue weighted by Crippen LogP contribution is -1.98. The van der Waals surface area contributed by atoms with Gasteiger partial charge in [0.2, 0.25) is 5.13 Å². The summed E-state index contributed by atoms with van der Waals surface area (Å²) in [6, 6.07) is 17.3. The molecule has 0 bridgehead atoms. The molecule has 0 amide bonds. The van der Waals surface area contributed by atoms with Gasteiger partial charge in [-0.15, -0.1) is 11.3 Å². The lowest BCUT2D eigenvalue weighted by molar-refractivity contribution is 0.329. The zero-order valence-corrected chi connectivity index (χ0v) is 14.9. The van der Waals surface area contributed by atoms with E-state index in [1.165, 1.54) is 11.3 Å². The Bertz CT molecular complexity index is 932. The molecule has 3 rings (SSSR count). The van der Waals surface area contributed by atoms with E-state index in [1.54, 1.807) is 25.5 Å². The summed E-state index contributed by atoms with van der Waals surface area (Å²) in [5, 5.41) is 15.5. The largest absolute Gasteiger partial charge is 0.493 e. The molecular formula is C19H16N4O2S. The number of benzene rings is 2. The standard InChI is InChI=1S/C19H16N4O2S/c1-24-17-8-7-14(11-18(17)25-10-9-20)12-21-23-19-22-16(13-26-19)15-5-3-2-4-6-15/h2-8,11-13H,10H2,1H3,(H,22,23). The van der Waals surface area contributed by atoms with Crippen molar-refractivity contribution >= 4 is 22.7 Å². The summed E-state index contributed by atoms with van der Waals surface area (Å²) in [4.78, 5) is 4.51. The van der Waals surface area contributed by atoms with Crippen LogP contribution in [-0.4, -0.2) is 24.9 Å². The van der Waals surface area contributed by atoms with Gasteiger partial charge in [0.25, 0.3) is 0 Å². The number of hydrogen-bond donors (Lipinski definition) is 1. The third kappa shape index (κ3) is 4.37. The normalized spacial score (nSPS) is 10.5. The molecule has 0 atom stereocenters. The third-order valence-electron chi connectivity index (χ3n) is 3.43. The summed E-state index contributed by atoms with van der Waals surface area (Å²) < 4.78 is 10.6. The molecule has 0 saturated heterocycles. The zero-order valence-electron chi connectivity index (χ0n) is 14.0. The fourth-order valence-electron chi connectivity index (χ4n) is 2.23. The predicted molar refractivity (Wildman–Crippen MR) is 103 cm³/mol. The van der Waals surface area contributed by atoms with Crippen LogP contribution in [0.25, 0.3) is 11.3 Å². The van der Waals surface area contributed by atoms with Crippen LogP contribution in [0.2, 0.25) is 0 Å². The van der Waals surface area contributed by atoms with E-state index < -0.39 is 0 Å². The minimum absolute atomic E-state index is 0.0451. The monoisotopic (exact) mass is 364 g/mol. The number of aromatic nitrogens is 1. The van der Waals surface area contributed by atoms with Crippen molar-refractivity contribution in [2.75, 3.05) is 19.1 Å². The van der Waals surface area contributed by atoms with Gasteiger partial charge >= 0.3 is 0 Å². The van der Waals surface area contributed by atoms with Gasteiger partial charge in [-0.2, -0.15) is 10.4 Å². The van der Waals surface area contributed by atoms with Gasteiger partial charge in [-0.05, 0) is 23.8 Å². The summed E-state index contributed by atoms with van der Waals surface area (Å²) in [6.07, 6.45) is 1.66. The molecule has 1 heterocycles. The quantitative estimate of drug-likeness (QED) is 0.503. The van der Waals surface area contributed by atoms with Crippen molar-refractivity contribution in [3.05, 3.63) is 59.5 Å². The van der Waals surface area contributed by atoms with Gasteiger partial charge in [0.15, 0.2) is 18.1 Å². The maximum absolute atomic E-state index is 8.65. The Morgan fingerprint density at radius 2 is 2.08 bits per heavy atom. The molecule has 0 aliphatic heterocycles. The maximum Gasteiger partial charge on any atom is 0.203 e. The molecule has 0 spiro atoms. The van der Waals surface area contributed by atoms with E-state index in [-0.39, 0.29) is 6.61 Å². The van der Waals surface area contributed by atoms with E-state index in [2.05, 4.69) is 15.5 Å². The Morgan fingerprint density at radius 1 is 1.23 bits per heavy atom. The summed E-state index contributed by atoms with van der Waals surface area (Å²) in [5.41, 5.74) is 5.71. The highest BCUT2D eigenvalue weighted by molar-refractivity contribution is 7.14. The van der Waals surface area contributed by atoms with Gasteiger partial charge < -0.3 is 9.47 Å². The number of nitriles is 1. The van der Waals surface area contributed by atoms with Crippen molar-refractivity contribution in [2.24, 2.45) is 5.10 Å². The average molecular weight is 364 g/mol. The Labute approximate surface area is 155 Å². The summed E-state index contributed by atoms with van der Waals surface area (Å²) in [7, 11) is 1.55. The molecule has 0 aliphatic rings. The van der Waals surface area contributed by atoms with Gasteiger partial charge in [-0.25, -0.2) is 4.98 Å². The fourth-order valence-corrected chi connectivity index (χ4v) is 2.89. The van der Waals surface area contributed by atoms with Crippen molar-refractivity contribution in [3.63, 3.8) is 0 Å². The summed E-state index contributed by atoms with van der Waals surface area (Å²) in [6.45, 7) is -0.0451. The highest BCUT2D eigenvalue weighted by Crippen LogP contribution is 2.28. The van der Waals surface area contributed by atoms with Crippen LogP contribution in [0.3, 0.4) is 0 Å². The van der Waals surface area contributed by atoms with Crippen LogP contribution in [-0.2, 0) is 0 Å². The van der Waals surface area contributed by atoms with Crippen LogP contribution in [0.4, 0.5) is 5.13 Å². The molecule has 0 aliphatic carbocycles. The second-order valence-corrected chi connectivity index (χ2v) is 5.99. The van der Waals surface area contributed by atoms with Crippen LogP contribution in [0.1, 0.15) is 5.56 Å². The van der Waals surface area contributed by atoms with E-state index in [0.717, 1.165) is 16.8 Å². The summed E-state index contributed by atoms with van der Waals surface area (Å²) >= 11 is 1.48. The van der Waals surface area contributed by atoms with Crippen molar-refractivity contribution in [2.45, 2.75) is 0 Å². The maximum atomic E-state index is 8.65. The topological polar surface area (TPSA) is 79.5 Å². The second-order valence-electron chi connectivity index (χ2n) is 5.13. The number of anilines is 1. The number of methoxy groups -OCH3 is 1. The van der Waals surface area contributed by atoms with Gasteiger partial charge in [-0.3, -0.25) is 5.43 Å². The first-order valence-corrected chi connectivity index (χ1v) is 8.66. The molecule has 0 fully saturated rings. The number of ether oxygens (including phenoxy) is 2. The molecule has 130 valence electrons. The zero-order chi connectivity index (χ0) is 18.2. The van der Waals surface area contributed by atoms with Gasteiger partial charge in [0.1, 0.15) is 6.07 Å². The first-order valence-electron chi connectivity index (χ1n) is 7.78. The third-order valence-corrected chi connectivity index (χ3v) is 4.17. The first-order chi connectivity index (χ1) is 12.8. The van der Waals surface area contributed by atoms with E-state index in [9.17, 15) is 0 Å². The number of thiazole rings is 1. The van der Waals surface area contributed by atoms with Crippen molar-refractivity contribution in [1.29, 1.82) is 5.26 Å². The van der Waals surface area contributed by atoms with Gasteiger partial charge in [0.05, 0.1) is 19.0 Å². The lowest BCUT2D eigenvalue weighted by Gasteiger charge is -2.08. The molecule has 6 nitrogen and oxygen atoms in total. The molecule has 0 radical (unpaired) electrons. The summed E-state index contributed by atoms with van der Waals surface area (Å²) in [5.74, 6) is 1.07. The Kier molecular flexibility index (Phi) is 5.80. The Hall–Kier alpha value is -3.37. The molecule has 3 aromatic rings. The van der Waals surface area contributed by atoms with Crippen molar-refractivity contribution in [1.82, 2.24) is 4.98 Å². The molecule has 0 saturated carbocycles. The highest BCUT2D eigenvalue weighted by atomic mass is 32.1. The SMILES string of the molecule is COc1ccc(C=NNc2nc(-c3ccccc3)cs2)cc1OCC#N. The van der Waals surface area contributed by atoms with Crippen molar-refractivity contribution in [3.8, 4) is 28.8 Å². The van der Waals surface area contributed by atoms with E-state index in [1.807, 2.05) is 47.8 Å². The van der Waals surface area contributed by atoms with Crippen LogP contribution < -0.4 is 14.9 Å². The number of hydrogen-bond acceptors (Lipinski definition) is 7. The van der Waals surface area contributed by atoms with E-state index in [0.29, 0.717) is 16.6 Å². The van der Waals surface area contributed by atoms with Gasteiger partial charge in [-0.1, -0.05) is 30.3 Å². The second kappa shape index (κ2) is 8.65. The number of nitrogens with one attached hydrogen (secondary N) is 1. The first kappa shape index (κ1) is 17.5. The molecule has 0 unspecified atom stereocenters. The van der Waals surface area contributed by atoms with Crippen molar-refractivity contribution < 1.29 is 9.47 Å². The Morgan fingerprint density at radius 3 is 2.85 bits per heavy atom. The average Bonchev–Trinajstić information content (AvgIpc) is 3.16. The minimum Gasteiger partial charge on any atom is -0.493 e. The minimum atomic E-state index is -0.0451. The van der Waals surface area contributed by atoms with Crippen LogP contribution in [0.15, 0.2) is 59.0 Å².